The summed E-state index contributed by atoms with van der Waals surface area (Å²) >= 11 is 0. The summed E-state index contributed by atoms with van der Waals surface area (Å²) in [5, 5.41) is 2.69. The molecule has 4 rings (SSSR count). The molecule has 0 unspecified atom stereocenters. The van der Waals surface area contributed by atoms with E-state index in [0.717, 1.165) is 29.8 Å². The average molecular weight is 524 g/mol. The maximum atomic E-state index is 12.7. The Bertz CT molecular complexity index is 1260. The number of benzene rings is 2. The third-order valence-corrected chi connectivity index (χ3v) is 8.93. The third-order valence-electron chi connectivity index (χ3n) is 5.87. The predicted molar refractivity (Wildman–Crippen MR) is 131 cm³/mol. The van der Waals surface area contributed by atoms with E-state index < -0.39 is 32.1 Å². The number of piperidine rings is 1. The van der Waals surface area contributed by atoms with Crippen LogP contribution in [0.2, 0.25) is 0 Å². The van der Waals surface area contributed by atoms with E-state index in [1.807, 2.05) is 0 Å². The van der Waals surface area contributed by atoms with Gasteiger partial charge in [0, 0.05) is 13.1 Å². The molecule has 12 heteroatoms. The third kappa shape index (κ3) is 5.88. The Morgan fingerprint density at radius 1 is 1.03 bits per heavy atom. The summed E-state index contributed by atoms with van der Waals surface area (Å²) in [6.07, 6.45) is 2.87. The lowest BCUT2D eigenvalue weighted by molar-refractivity contribution is -0.127. The van der Waals surface area contributed by atoms with Crippen molar-refractivity contribution in [2.45, 2.75) is 30.3 Å². The average Bonchev–Trinajstić information content (AvgIpc) is 2.86. The van der Waals surface area contributed by atoms with Crippen molar-refractivity contribution in [1.29, 1.82) is 0 Å². The number of anilines is 1. The number of hydrogen-bond donors (Lipinski definition) is 1. The number of fused-ring (bicyclic) bond motifs is 1. The Kier molecular flexibility index (Phi) is 7.53. The monoisotopic (exact) mass is 523 g/mol. The summed E-state index contributed by atoms with van der Waals surface area (Å²) in [6.45, 7) is 1.25. The van der Waals surface area contributed by atoms with Crippen LogP contribution in [-0.2, 0) is 24.8 Å². The molecule has 0 aliphatic carbocycles. The van der Waals surface area contributed by atoms with Gasteiger partial charge in [-0.25, -0.2) is 16.8 Å². The molecule has 1 amide bonds. The molecule has 0 radical (unpaired) electrons. The van der Waals surface area contributed by atoms with E-state index in [0.29, 0.717) is 30.3 Å². The van der Waals surface area contributed by atoms with Gasteiger partial charge < -0.3 is 14.8 Å². The zero-order valence-corrected chi connectivity index (χ0v) is 21.1. The number of amides is 1. The van der Waals surface area contributed by atoms with E-state index in [9.17, 15) is 21.6 Å². The molecule has 0 bridgehead atoms. The van der Waals surface area contributed by atoms with Crippen LogP contribution >= 0.6 is 0 Å². The standard InChI is InChI=1S/C23H29N3O7S2/c1-34(28,29)26-17-22(33-21-8-4-3-7-20(21)26)23(27)24-13-16-32-18-9-11-19(12-10-18)35(30,31)25-14-5-2-6-15-25/h3-4,7-12,22H,2,5-6,13-17H2,1H3,(H,24,27)/t22-/m0/s1. The minimum atomic E-state index is -3.59. The fourth-order valence-corrected chi connectivity index (χ4v) is 6.50. The zero-order valence-electron chi connectivity index (χ0n) is 19.4. The van der Waals surface area contributed by atoms with E-state index in [-0.39, 0.29) is 24.6 Å². The molecule has 2 aromatic rings. The summed E-state index contributed by atoms with van der Waals surface area (Å²) in [7, 11) is -7.09. The summed E-state index contributed by atoms with van der Waals surface area (Å²) in [5.41, 5.74) is 0.396. The van der Waals surface area contributed by atoms with Crippen molar-refractivity contribution in [3.8, 4) is 11.5 Å². The van der Waals surface area contributed by atoms with Crippen LogP contribution in [0.4, 0.5) is 5.69 Å². The van der Waals surface area contributed by atoms with E-state index in [4.69, 9.17) is 9.47 Å². The van der Waals surface area contributed by atoms with Crippen molar-refractivity contribution in [2.75, 3.05) is 43.3 Å². The Hall–Kier alpha value is -2.83. The first-order valence-electron chi connectivity index (χ1n) is 11.4. The number of rotatable bonds is 8. The van der Waals surface area contributed by atoms with Crippen molar-refractivity contribution in [3.05, 3.63) is 48.5 Å². The lowest BCUT2D eigenvalue weighted by Gasteiger charge is -2.33. The van der Waals surface area contributed by atoms with E-state index in [2.05, 4.69) is 5.32 Å². The van der Waals surface area contributed by atoms with Crippen LogP contribution in [0.5, 0.6) is 11.5 Å². The molecule has 2 heterocycles. The van der Waals surface area contributed by atoms with Gasteiger partial charge in [0.05, 0.1) is 29.9 Å². The maximum Gasteiger partial charge on any atom is 0.263 e. The van der Waals surface area contributed by atoms with Gasteiger partial charge in [-0.2, -0.15) is 4.31 Å². The number of nitrogens with one attached hydrogen (secondary N) is 1. The van der Waals surface area contributed by atoms with Gasteiger partial charge >= 0.3 is 0 Å². The lowest BCUT2D eigenvalue weighted by Crippen LogP contribution is -2.51. The van der Waals surface area contributed by atoms with E-state index in [1.54, 1.807) is 36.4 Å². The quantitative estimate of drug-likeness (QED) is 0.521. The second-order valence-corrected chi connectivity index (χ2v) is 12.3. The van der Waals surface area contributed by atoms with Crippen molar-refractivity contribution in [3.63, 3.8) is 0 Å². The van der Waals surface area contributed by atoms with Crippen LogP contribution in [0.3, 0.4) is 0 Å². The number of ether oxygens (including phenoxy) is 2. The van der Waals surface area contributed by atoms with Crippen molar-refractivity contribution < 1.29 is 31.1 Å². The second kappa shape index (κ2) is 10.4. The molecule has 2 aliphatic heterocycles. The molecular formula is C23H29N3O7S2. The van der Waals surface area contributed by atoms with Gasteiger partial charge in [0.25, 0.3) is 5.91 Å². The number of carbonyl (C=O) groups excluding carboxylic acids is 1. The smallest absolute Gasteiger partial charge is 0.263 e. The Labute approximate surface area is 205 Å². The number of sulfonamides is 2. The molecule has 1 fully saturated rings. The van der Waals surface area contributed by atoms with Gasteiger partial charge in [-0.1, -0.05) is 18.6 Å². The molecule has 10 nitrogen and oxygen atoms in total. The maximum absolute atomic E-state index is 12.7. The summed E-state index contributed by atoms with van der Waals surface area (Å²) in [5.74, 6) is 0.336. The highest BCUT2D eigenvalue weighted by Crippen LogP contribution is 2.34. The summed E-state index contributed by atoms with van der Waals surface area (Å²) < 4.78 is 63.8. The topological polar surface area (TPSA) is 122 Å². The number of carbonyl (C=O) groups is 1. The predicted octanol–water partition coefficient (Wildman–Crippen LogP) is 1.58. The molecular weight excluding hydrogens is 494 g/mol. The molecule has 1 N–H and O–H groups in total. The largest absolute Gasteiger partial charge is 0.492 e. The highest BCUT2D eigenvalue weighted by Gasteiger charge is 2.34. The molecule has 2 aliphatic rings. The first kappa shape index (κ1) is 25.3. The molecule has 2 aromatic carbocycles. The molecule has 35 heavy (non-hydrogen) atoms. The summed E-state index contributed by atoms with van der Waals surface area (Å²) in [4.78, 5) is 12.8. The zero-order chi connectivity index (χ0) is 25.1. The SMILES string of the molecule is CS(=O)(=O)N1C[C@@H](C(=O)NCCOc2ccc(S(=O)(=O)N3CCCCC3)cc2)Oc2ccccc21. The van der Waals surface area contributed by atoms with Crippen molar-refractivity contribution >= 4 is 31.6 Å². The van der Waals surface area contributed by atoms with Crippen LogP contribution < -0.4 is 19.1 Å². The second-order valence-electron chi connectivity index (χ2n) is 8.44. The van der Waals surface area contributed by atoms with Crippen molar-refractivity contribution in [2.24, 2.45) is 0 Å². The number of nitrogens with zero attached hydrogens (tertiary/aromatic N) is 2. The van der Waals surface area contributed by atoms with Gasteiger partial charge in [0.2, 0.25) is 20.0 Å². The number of para-hydroxylation sites is 2. The minimum Gasteiger partial charge on any atom is -0.492 e. The van der Waals surface area contributed by atoms with Crippen molar-refractivity contribution in [1.82, 2.24) is 9.62 Å². The Morgan fingerprint density at radius 3 is 2.40 bits per heavy atom. The lowest BCUT2D eigenvalue weighted by atomic mass is 10.2. The fourth-order valence-electron chi connectivity index (χ4n) is 4.07. The van der Waals surface area contributed by atoms with E-state index in [1.165, 1.54) is 16.4 Å². The normalized spacial score (nSPS) is 18.9. The van der Waals surface area contributed by atoms with Crippen LogP contribution in [0.25, 0.3) is 0 Å². The van der Waals surface area contributed by atoms with Crippen LogP contribution in [0, 0.1) is 0 Å². The molecule has 0 aromatic heterocycles. The van der Waals surface area contributed by atoms with Crippen LogP contribution in [0.15, 0.2) is 53.4 Å². The highest BCUT2D eigenvalue weighted by molar-refractivity contribution is 7.92. The van der Waals surface area contributed by atoms with Crippen LogP contribution in [0.1, 0.15) is 19.3 Å². The minimum absolute atomic E-state index is 0.129. The van der Waals surface area contributed by atoms with Gasteiger partial charge in [0.1, 0.15) is 18.1 Å². The fraction of sp³-hybridized carbons (Fsp3) is 0.435. The highest BCUT2D eigenvalue weighted by atomic mass is 32.2. The Balaban J connectivity index is 1.29. The molecule has 0 spiro atoms. The molecule has 0 saturated carbocycles. The number of hydrogen-bond acceptors (Lipinski definition) is 7. The first-order valence-corrected chi connectivity index (χ1v) is 14.7. The van der Waals surface area contributed by atoms with Gasteiger partial charge in [-0.05, 0) is 49.2 Å². The van der Waals surface area contributed by atoms with Gasteiger partial charge in [0.15, 0.2) is 6.10 Å². The van der Waals surface area contributed by atoms with Gasteiger partial charge in [-0.3, -0.25) is 9.10 Å². The molecule has 1 atom stereocenters. The summed E-state index contributed by atoms with van der Waals surface area (Å²) in [6, 6.07) is 12.9. The molecule has 1 saturated heterocycles. The Morgan fingerprint density at radius 2 is 1.71 bits per heavy atom. The first-order chi connectivity index (χ1) is 16.7. The van der Waals surface area contributed by atoms with Crippen LogP contribution in [-0.4, -0.2) is 72.2 Å². The van der Waals surface area contributed by atoms with E-state index >= 15 is 0 Å². The van der Waals surface area contributed by atoms with Gasteiger partial charge in [-0.15, -0.1) is 0 Å². The molecule has 190 valence electrons.